The van der Waals surface area contributed by atoms with Gasteiger partial charge in [-0.15, -0.1) is 0 Å². The van der Waals surface area contributed by atoms with Crippen molar-refractivity contribution < 1.29 is 14.3 Å². The van der Waals surface area contributed by atoms with Gasteiger partial charge in [-0.25, -0.2) is 4.68 Å². The molecule has 1 aliphatic heterocycles. The second-order valence-corrected chi connectivity index (χ2v) is 5.90. The zero-order valence-electron chi connectivity index (χ0n) is 13.7. The van der Waals surface area contributed by atoms with E-state index < -0.39 is 11.9 Å². The van der Waals surface area contributed by atoms with Gasteiger partial charge in [0, 0.05) is 37.5 Å². The summed E-state index contributed by atoms with van der Waals surface area (Å²) in [5.74, 6) is -0.728. The van der Waals surface area contributed by atoms with Crippen molar-refractivity contribution in [3.05, 3.63) is 47.8 Å². The van der Waals surface area contributed by atoms with Crippen molar-refractivity contribution in [1.82, 2.24) is 14.7 Å². The normalized spacial score (nSPS) is 20.3. The first kappa shape index (κ1) is 16.2. The number of rotatable bonds is 4. The van der Waals surface area contributed by atoms with Crippen LogP contribution in [0.15, 0.2) is 36.5 Å². The Kier molecular flexibility index (Phi) is 4.35. The lowest BCUT2D eigenvalue weighted by molar-refractivity contribution is -0.121. The SMILES string of the molecule is CO[C@H]1C[C@@H](C(N)=O)N(C(=O)c2ccc(-n3nccc3C)cc2)C1. The van der Waals surface area contributed by atoms with Gasteiger partial charge in [0.15, 0.2) is 0 Å². The molecule has 0 spiro atoms. The summed E-state index contributed by atoms with van der Waals surface area (Å²) in [6, 6.07) is 8.40. The zero-order chi connectivity index (χ0) is 17.3. The number of amides is 2. The molecule has 126 valence electrons. The largest absolute Gasteiger partial charge is 0.380 e. The van der Waals surface area contributed by atoms with Gasteiger partial charge < -0.3 is 15.4 Å². The first-order valence-corrected chi connectivity index (χ1v) is 7.75. The van der Waals surface area contributed by atoms with Crippen LogP contribution in [0.5, 0.6) is 0 Å². The Bertz CT molecular complexity index is 753. The van der Waals surface area contributed by atoms with E-state index in [4.69, 9.17) is 10.5 Å². The number of methoxy groups -OCH3 is 1. The van der Waals surface area contributed by atoms with Crippen molar-refractivity contribution in [1.29, 1.82) is 0 Å². The van der Waals surface area contributed by atoms with Crippen LogP contribution < -0.4 is 5.73 Å². The highest BCUT2D eigenvalue weighted by molar-refractivity contribution is 5.98. The lowest BCUT2D eigenvalue weighted by Gasteiger charge is -2.22. The molecule has 0 unspecified atom stereocenters. The summed E-state index contributed by atoms with van der Waals surface area (Å²) in [7, 11) is 1.57. The van der Waals surface area contributed by atoms with Gasteiger partial charge in [0.05, 0.1) is 11.8 Å². The molecule has 2 N–H and O–H groups in total. The number of primary amides is 1. The molecule has 2 heterocycles. The van der Waals surface area contributed by atoms with E-state index in [1.165, 1.54) is 4.90 Å². The van der Waals surface area contributed by atoms with Crippen LogP contribution in [0.3, 0.4) is 0 Å². The van der Waals surface area contributed by atoms with Gasteiger partial charge in [-0.05, 0) is 37.3 Å². The van der Waals surface area contributed by atoms with Gasteiger partial charge in [0.2, 0.25) is 5.91 Å². The Morgan fingerprint density at radius 3 is 2.50 bits per heavy atom. The van der Waals surface area contributed by atoms with E-state index in [2.05, 4.69) is 5.10 Å². The molecule has 2 aromatic rings. The monoisotopic (exact) mass is 328 g/mol. The number of ether oxygens (including phenoxy) is 1. The topological polar surface area (TPSA) is 90.5 Å². The van der Waals surface area contributed by atoms with E-state index in [1.54, 1.807) is 30.1 Å². The van der Waals surface area contributed by atoms with Gasteiger partial charge in [0.1, 0.15) is 6.04 Å². The summed E-state index contributed by atoms with van der Waals surface area (Å²) in [5.41, 5.74) is 7.81. The summed E-state index contributed by atoms with van der Waals surface area (Å²) in [4.78, 5) is 25.8. The van der Waals surface area contributed by atoms with Crippen molar-refractivity contribution in [2.75, 3.05) is 13.7 Å². The van der Waals surface area contributed by atoms with Crippen LogP contribution in [0.2, 0.25) is 0 Å². The number of nitrogens with zero attached hydrogens (tertiary/aromatic N) is 3. The van der Waals surface area contributed by atoms with Crippen LogP contribution in [-0.4, -0.2) is 52.3 Å². The van der Waals surface area contributed by atoms with Gasteiger partial charge in [-0.2, -0.15) is 5.10 Å². The van der Waals surface area contributed by atoms with Crippen LogP contribution in [0.1, 0.15) is 22.5 Å². The molecule has 1 saturated heterocycles. The Balaban J connectivity index is 1.82. The fourth-order valence-corrected chi connectivity index (χ4v) is 3.01. The van der Waals surface area contributed by atoms with Crippen molar-refractivity contribution in [2.24, 2.45) is 5.73 Å². The molecule has 1 aromatic heterocycles. The fraction of sp³-hybridized carbons (Fsp3) is 0.353. The third kappa shape index (κ3) is 2.90. The standard InChI is InChI=1S/C17H20N4O3/c1-11-7-8-19-21(11)13-5-3-12(4-6-13)17(23)20-10-14(24-2)9-15(20)16(18)22/h3-8,14-15H,9-10H2,1-2H3,(H2,18,22)/t14-,15-/m0/s1. The van der Waals surface area contributed by atoms with Crippen molar-refractivity contribution >= 4 is 11.8 Å². The third-order valence-corrected chi connectivity index (χ3v) is 4.38. The van der Waals surface area contributed by atoms with Crippen LogP contribution in [0.25, 0.3) is 5.69 Å². The molecular weight excluding hydrogens is 308 g/mol. The number of benzene rings is 1. The average molecular weight is 328 g/mol. The molecule has 1 fully saturated rings. The predicted octanol–water partition coefficient (Wildman–Crippen LogP) is 0.896. The Hall–Kier alpha value is -2.67. The quantitative estimate of drug-likeness (QED) is 0.902. The number of likely N-dealkylation sites (tertiary alicyclic amines) is 1. The van der Waals surface area contributed by atoms with Gasteiger partial charge in [-0.3, -0.25) is 9.59 Å². The lowest BCUT2D eigenvalue weighted by atomic mass is 10.1. The predicted molar refractivity (Wildman–Crippen MR) is 87.7 cm³/mol. The Labute approximate surface area is 140 Å². The number of aryl methyl sites for hydroxylation is 1. The molecule has 0 bridgehead atoms. The fourth-order valence-electron chi connectivity index (χ4n) is 3.01. The lowest BCUT2D eigenvalue weighted by Crippen LogP contribution is -2.43. The smallest absolute Gasteiger partial charge is 0.254 e. The van der Waals surface area contributed by atoms with Gasteiger partial charge in [0.25, 0.3) is 5.91 Å². The number of nitrogens with two attached hydrogens (primary N) is 1. The summed E-state index contributed by atoms with van der Waals surface area (Å²) >= 11 is 0. The molecule has 0 saturated carbocycles. The van der Waals surface area contributed by atoms with Crippen LogP contribution in [0, 0.1) is 6.92 Å². The molecule has 7 nitrogen and oxygen atoms in total. The maximum Gasteiger partial charge on any atom is 0.254 e. The maximum absolute atomic E-state index is 12.7. The van der Waals surface area contributed by atoms with Crippen LogP contribution in [-0.2, 0) is 9.53 Å². The molecular formula is C17H20N4O3. The molecule has 0 aliphatic carbocycles. The molecule has 7 heteroatoms. The minimum absolute atomic E-state index is 0.169. The Morgan fingerprint density at radius 2 is 1.96 bits per heavy atom. The highest BCUT2D eigenvalue weighted by atomic mass is 16.5. The molecule has 1 aromatic carbocycles. The van der Waals surface area contributed by atoms with E-state index in [1.807, 2.05) is 25.1 Å². The zero-order valence-corrected chi connectivity index (χ0v) is 13.7. The van der Waals surface area contributed by atoms with Crippen LogP contribution >= 0.6 is 0 Å². The van der Waals surface area contributed by atoms with E-state index in [9.17, 15) is 9.59 Å². The second kappa shape index (κ2) is 6.45. The number of aromatic nitrogens is 2. The van der Waals surface area contributed by atoms with E-state index in [-0.39, 0.29) is 12.0 Å². The molecule has 24 heavy (non-hydrogen) atoms. The number of hydrogen-bond donors (Lipinski definition) is 1. The summed E-state index contributed by atoms with van der Waals surface area (Å²) in [6.45, 7) is 2.32. The van der Waals surface area contributed by atoms with E-state index >= 15 is 0 Å². The molecule has 0 radical (unpaired) electrons. The van der Waals surface area contributed by atoms with Gasteiger partial charge >= 0.3 is 0 Å². The van der Waals surface area contributed by atoms with Crippen molar-refractivity contribution in [3.63, 3.8) is 0 Å². The van der Waals surface area contributed by atoms with Crippen molar-refractivity contribution in [2.45, 2.75) is 25.5 Å². The number of hydrogen-bond acceptors (Lipinski definition) is 4. The highest BCUT2D eigenvalue weighted by Crippen LogP contribution is 2.23. The average Bonchev–Trinajstić information content (AvgIpc) is 3.20. The van der Waals surface area contributed by atoms with E-state index in [0.717, 1.165) is 11.4 Å². The third-order valence-electron chi connectivity index (χ3n) is 4.38. The summed E-state index contributed by atoms with van der Waals surface area (Å²) in [5, 5.41) is 4.24. The molecule has 1 aliphatic rings. The Morgan fingerprint density at radius 1 is 1.25 bits per heavy atom. The number of carbonyl (C=O) groups excluding carboxylic acids is 2. The van der Waals surface area contributed by atoms with Crippen LogP contribution in [0.4, 0.5) is 0 Å². The van der Waals surface area contributed by atoms with Crippen molar-refractivity contribution in [3.8, 4) is 5.69 Å². The summed E-state index contributed by atoms with van der Waals surface area (Å²) < 4.78 is 7.06. The first-order valence-electron chi connectivity index (χ1n) is 7.75. The molecule has 3 rings (SSSR count). The highest BCUT2D eigenvalue weighted by Gasteiger charge is 2.38. The second-order valence-electron chi connectivity index (χ2n) is 5.90. The summed E-state index contributed by atoms with van der Waals surface area (Å²) in [6.07, 6.45) is 1.99. The molecule has 2 atom stereocenters. The first-order chi connectivity index (χ1) is 11.5. The minimum Gasteiger partial charge on any atom is -0.380 e. The number of carbonyl (C=O) groups is 2. The minimum atomic E-state index is -0.629. The maximum atomic E-state index is 12.7. The van der Waals surface area contributed by atoms with E-state index in [0.29, 0.717) is 18.5 Å². The molecule has 2 amide bonds. The van der Waals surface area contributed by atoms with Gasteiger partial charge in [-0.1, -0.05) is 0 Å².